The Bertz CT molecular complexity index is 310. The lowest BCUT2D eigenvalue weighted by Crippen LogP contribution is -2.19. The van der Waals surface area contributed by atoms with Crippen LogP contribution in [-0.4, -0.2) is 12.5 Å². The maximum atomic E-state index is 10.5. The Hall–Kier alpha value is -1.56. The van der Waals surface area contributed by atoms with Crippen LogP contribution in [0.1, 0.15) is 5.56 Å². The molecule has 0 fully saturated rings. The molecule has 3 N–H and O–H groups in total. The first-order chi connectivity index (χ1) is 6.24. The fourth-order valence-electron chi connectivity index (χ4n) is 0.801. The molecule has 1 aromatic heterocycles. The first kappa shape index (κ1) is 9.53. The molecule has 1 aromatic rings. The summed E-state index contributed by atoms with van der Waals surface area (Å²) in [4.78, 5) is 20.4. The number of anilines is 1. The highest BCUT2D eigenvalue weighted by atomic mass is 32.1. The van der Waals surface area contributed by atoms with Gasteiger partial charge in [-0.25, -0.2) is 4.79 Å². The van der Waals surface area contributed by atoms with Crippen LogP contribution in [-0.2, 0) is 16.1 Å². The van der Waals surface area contributed by atoms with Crippen molar-refractivity contribution in [1.29, 1.82) is 0 Å². The number of carbonyl (C=O) groups excluding carboxylic acids is 2. The third-order valence-corrected chi connectivity index (χ3v) is 2.10. The zero-order valence-corrected chi connectivity index (χ0v) is 7.47. The van der Waals surface area contributed by atoms with Crippen molar-refractivity contribution in [2.45, 2.75) is 6.61 Å². The molecule has 1 rings (SSSR count). The van der Waals surface area contributed by atoms with Gasteiger partial charge >= 0.3 is 6.03 Å². The standard InChI is InChI=1S/C7H8N2O3S/c8-7(11)9-6-3-13-2-5(6)1-12-4-10/h2-4H,1H2,(H3,8,9,11). The van der Waals surface area contributed by atoms with E-state index in [9.17, 15) is 9.59 Å². The van der Waals surface area contributed by atoms with Gasteiger partial charge in [-0.3, -0.25) is 4.79 Å². The van der Waals surface area contributed by atoms with Crippen LogP contribution in [0.15, 0.2) is 10.8 Å². The highest BCUT2D eigenvalue weighted by Crippen LogP contribution is 2.21. The molecule has 0 saturated heterocycles. The molecule has 0 aliphatic rings. The van der Waals surface area contributed by atoms with E-state index in [1.54, 1.807) is 10.8 Å². The Morgan fingerprint density at radius 2 is 2.46 bits per heavy atom. The summed E-state index contributed by atoms with van der Waals surface area (Å²) in [6.45, 7) is 0.494. The average Bonchev–Trinajstić information content (AvgIpc) is 2.48. The summed E-state index contributed by atoms with van der Waals surface area (Å²) in [5.74, 6) is 0. The Morgan fingerprint density at radius 3 is 3.08 bits per heavy atom. The third-order valence-electron chi connectivity index (χ3n) is 1.31. The maximum Gasteiger partial charge on any atom is 0.316 e. The van der Waals surface area contributed by atoms with E-state index < -0.39 is 6.03 Å². The molecular weight excluding hydrogens is 192 g/mol. The first-order valence-corrected chi connectivity index (χ1v) is 4.35. The molecule has 1 heterocycles. The number of hydrogen-bond acceptors (Lipinski definition) is 4. The topological polar surface area (TPSA) is 81.4 Å². The summed E-state index contributed by atoms with van der Waals surface area (Å²) in [6.07, 6.45) is 0. The van der Waals surface area contributed by atoms with E-state index in [2.05, 4.69) is 10.1 Å². The second-order valence-corrected chi connectivity index (χ2v) is 2.95. The molecule has 0 aromatic carbocycles. The average molecular weight is 200 g/mol. The van der Waals surface area contributed by atoms with Gasteiger partial charge in [0.15, 0.2) is 0 Å². The fraction of sp³-hybridized carbons (Fsp3) is 0.143. The summed E-state index contributed by atoms with van der Waals surface area (Å²) in [5, 5.41) is 5.90. The predicted molar refractivity (Wildman–Crippen MR) is 48.4 cm³/mol. The monoisotopic (exact) mass is 200 g/mol. The highest BCUT2D eigenvalue weighted by molar-refractivity contribution is 7.08. The van der Waals surface area contributed by atoms with Gasteiger partial charge in [-0.05, 0) is 5.38 Å². The number of nitrogens with one attached hydrogen (secondary N) is 1. The minimum Gasteiger partial charge on any atom is -0.463 e. The van der Waals surface area contributed by atoms with Crippen molar-refractivity contribution in [2.24, 2.45) is 5.73 Å². The molecule has 70 valence electrons. The zero-order chi connectivity index (χ0) is 9.68. The Balaban J connectivity index is 2.65. The van der Waals surface area contributed by atoms with Crippen molar-refractivity contribution in [1.82, 2.24) is 0 Å². The second kappa shape index (κ2) is 4.46. The molecule has 0 aliphatic heterocycles. The van der Waals surface area contributed by atoms with E-state index in [0.29, 0.717) is 12.2 Å². The first-order valence-electron chi connectivity index (χ1n) is 3.41. The number of carbonyl (C=O) groups is 2. The summed E-state index contributed by atoms with van der Waals surface area (Å²) in [7, 11) is 0. The molecule has 0 spiro atoms. The smallest absolute Gasteiger partial charge is 0.316 e. The van der Waals surface area contributed by atoms with Gasteiger partial charge in [0.1, 0.15) is 6.61 Å². The lowest BCUT2D eigenvalue weighted by Gasteiger charge is -2.02. The molecular formula is C7H8N2O3S. The number of amides is 2. The SMILES string of the molecule is NC(=O)Nc1cscc1COC=O. The fourth-order valence-corrected chi connectivity index (χ4v) is 1.58. The van der Waals surface area contributed by atoms with Crippen molar-refractivity contribution in [2.75, 3.05) is 5.32 Å². The third kappa shape index (κ3) is 2.75. The predicted octanol–water partition coefficient (Wildman–Crippen LogP) is 0.912. The van der Waals surface area contributed by atoms with Crippen molar-refractivity contribution in [3.8, 4) is 0 Å². The van der Waals surface area contributed by atoms with Gasteiger partial charge in [0, 0.05) is 10.9 Å². The van der Waals surface area contributed by atoms with Crippen LogP contribution in [0.3, 0.4) is 0 Å². The van der Waals surface area contributed by atoms with Gasteiger partial charge in [-0.15, -0.1) is 11.3 Å². The summed E-state index contributed by atoms with van der Waals surface area (Å²) >= 11 is 1.39. The molecule has 0 radical (unpaired) electrons. The molecule has 0 atom stereocenters. The van der Waals surface area contributed by atoms with Crippen molar-refractivity contribution in [3.63, 3.8) is 0 Å². The summed E-state index contributed by atoms with van der Waals surface area (Å²) < 4.78 is 4.53. The van der Waals surface area contributed by atoms with Crippen molar-refractivity contribution >= 4 is 29.5 Å². The highest BCUT2D eigenvalue weighted by Gasteiger charge is 2.05. The maximum absolute atomic E-state index is 10.5. The van der Waals surface area contributed by atoms with Crippen LogP contribution in [0, 0.1) is 0 Å². The van der Waals surface area contributed by atoms with E-state index in [1.807, 2.05) is 0 Å². The van der Waals surface area contributed by atoms with Crippen LogP contribution in [0.4, 0.5) is 10.5 Å². The van der Waals surface area contributed by atoms with Crippen LogP contribution in [0.5, 0.6) is 0 Å². The van der Waals surface area contributed by atoms with Crippen LogP contribution in [0.2, 0.25) is 0 Å². The molecule has 0 bridgehead atoms. The summed E-state index contributed by atoms with van der Waals surface area (Å²) in [6, 6.07) is -0.634. The number of hydrogen-bond donors (Lipinski definition) is 2. The lowest BCUT2D eigenvalue weighted by molar-refractivity contribution is -0.129. The Labute approximate surface area is 78.5 Å². The van der Waals surface area contributed by atoms with E-state index >= 15 is 0 Å². The summed E-state index contributed by atoms with van der Waals surface area (Å²) in [5.41, 5.74) is 6.24. The van der Waals surface area contributed by atoms with Crippen molar-refractivity contribution in [3.05, 3.63) is 16.3 Å². The van der Waals surface area contributed by atoms with E-state index in [1.165, 1.54) is 11.3 Å². The van der Waals surface area contributed by atoms with Gasteiger partial charge < -0.3 is 15.8 Å². The molecule has 2 amide bonds. The van der Waals surface area contributed by atoms with Gasteiger partial charge in [0.2, 0.25) is 0 Å². The number of urea groups is 1. The lowest BCUT2D eigenvalue weighted by atomic mass is 10.3. The number of nitrogens with two attached hydrogens (primary N) is 1. The van der Waals surface area contributed by atoms with Gasteiger partial charge in [-0.2, -0.15) is 0 Å². The van der Waals surface area contributed by atoms with Gasteiger partial charge in [-0.1, -0.05) is 0 Å². The minimum atomic E-state index is -0.634. The van der Waals surface area contributed by atoms with Crippen LogP contribution >= 0.6 is 11.3 Å². The number of thiophene rings is 1. The normalized spacial score (nSPS) is 9.23. The molecule has 5 nitrogen and oxygen atoms in total. The van der Waals surface area contributed by atoms with Gasteiger partial charge in [0.05, 0.1) is 5.69 Å². The van der Waals surface area contributed by atoms with Crippen LogP contribution < -0.4 is 11.1 Å². The molecule has 0 aliphatic carbocycles. The zero-order valence-electron chi connectivity index (χ0n) is 6.65. The van der Waals surface area contributed by atoms with E-state index in [-0.39, 0.29) is 6.61 Å². The van der Waals surface area contributed by atoms with Gasteiger partial charge in [0.25, 0.3) is 6.47 Å². The Morgan fingerprint density at radius 1 is 1.69 bits per heavy atom. The molecule has 0 saturated carbocycles. The second-order valence-electron chi connectivity index (χ2n) is 2.21. The van der Waals surface area contributed by atoms with Crippen molar-refractivity contribution < 1.29 is 14.3 Å². The molecule has 6 heteroatoms. The largest absolute Gasteiger partial charge is 0.463 e. The molecule has 13 heavy (non-hydrogen) atoms. The Kier molecular flexibility index (Phi) is 3.27. The molecule has 0 unspecified atom stereocenters. The van der Waals surface area contributed by atoms with E-state index in [0.717, 1.165) is 5.56 Å². The minimum absolute atomic E-state index is 0.141. The number of ether oxygens (including phenoxy) is 1. The van der Waals surface area contributed by atoms with Crippen LogP contribution in [0.25, 0.3) is 0 Å². The number of primary amides is 1. The van der Waals surface area contributed by atoms with E-state index in [4.69, 9.17) is 5.73 Å². The quantitative estimate of drug-likeness (QED) is 0.709. The number of rotatable bonds is 4.